The van der Waals surface area contributed by atoms with Crippen molar-refractivity contribution in [2.24, 2.45) is 0 Å². The van der Waals surface area contributed by atoms with Crippen LogP contribution < -0.4 is 10.6 Å². The number of benzene rings is 2. The average Bonchev–Trinajstić information content (AvgIpc) is 2.58. The molecule has 1 aromatic heterocycles. The van der Waals surface area contributed by atoms with Gasteiger partial charge < -0.3 is 10.6 Å². The van der Waals surface area contributed by atoms with Crippen molar-refractivity contribution in [2.45, 2.75) is 34.6 Å². The number of anilines is 4. The highest BCUT2D eigenvalue weighted by Gasteiger charge is 2.08. The largest absolute Gasteiger partial charge is 0.340 e. The van der Waals surface area contributed by atoms with Gasteiger partial charge in [0.15, 0.2) is 5.78 Å². The van der Waals surface area contributed by atoms with Crippen molar-refractivity contribution in [3.63, 3.8) is 0 Å². The van der Waals surface area contributed by atoms with Gasteiger partial charge in [0, 0.05) is 28.7 Å². The Balaban J connectivity index is 1.85. The van der Waals surface area contributed by atoms with Gasteiger partial charge in [-0.05, 0) is 70.0 Å². The van der Waals surface area contributed by atoms with E-state index in [1.807, 2.05) is 25.1 Å². The standard InChI is InChI=1S/C22H24N4O/c1-13-10-14(2)21(15(3)11-13)25-20-12-16(4)23-22(26-20)24-19-8-6-18(7-9-19)17(5)27/h6-12H,1-5H3,(H2,23,24,25,26). The van der Waals surface area contributed by atoms with Crippen molar-refractivity contribution < 1.29 is 4.79 Å². The summed E-state index contributed by atoms with van der Waals surface area (Å²) in [7, 11) is 0. The quantitative estimate of drug-likeness (QED) is 0.596. The van der Waals surface area contributed by atoms with E-state index in [1.54, 1.807) is 19.1 Å². The Morgan fingerprint density at radius 3 is 2.07 bits per heavy atom. The summed E-state index contributed by atoms with van der Waals surface area (Å²) < 4.78 is 0. The Bertz CT molecular complexity index is 971. The fourth-order valence-corrected chi connectivity index (χ4v) is 3.11. The maximum atomic E-state index is 11.4. The van der Waals surface area contributed by atoms with E-state index >= 15 is 0 Å². The molecule has 0 aliphatic carbocycles. The third-order valence-electron chi connectivity index (χ3n) is 4.33. The Morgan fingerprint density at radius 1 is 0.852 bits per heavy atom. The molecule has 1 heterocycles. The molecule has 2 N–H and O–H groups in total. The highest BCUT2D eigenvalue weighted by atomic mass is 16.1. The van der Waals surface area contributed by atoms with Gasteiger partial charge in [0.1, 0.15) is 5.82 Å². The normalized spacial score (nSPS) is 10.6. The number of Topliss-reactive ketones (excluding diaryl/α,β-unsaturated/α-hetero) is 1. The molecule has 0 saturated carbocycles. The summed E-state index contributed by atoms with van der Waals surface area (Å²) in [5.41, 5.74) is 7.04. The summed E-state index contributed by atoms with van der Waals surface area (Å²) in [4.78, 5) is 20.4. The molecule has 0 radical (unpaired) electrons. The second-order valence-electron chi connectivity index (χ2n) is 6.88. The molecule has 0 spiro atoms. The third kappa shape index (κ3) is 4.50. The number of rotatable bonds is 5. The van der Waals surface area contributed by atoms with Gasteiger partial charge >= 0.3 is 0 Å². The van der Waals surface area contributed by atoms with Crippen molar-refractivity contribution in [3.05, 3.63) is 70.4 Å². The first-order valence-electron chi connectivity index (χ1n) is 8.90. The van der Waals surface area contributed by atoms with Crippen LogP contribution in [0.4, 0.5) is 23.1 Å². The first kappa shape index (κ1) is 18.6. The molecule has 3 rings (SSSR count). The molecule has 27 heavy (non-hydrogen) atoms. The third-order valence-corrected chi connectivity index (χ3v) is 4.33. The predicted octanol–water partition coefficient (Wildman–Crippen LogP) is 5.40. The highest BCUT2D eigenvalue weighted by molar-refractivity contribution is 5.94. The molecule has 0 amide bonds. The summed E-state index contributed by atoms with van der Waals surface area (Å²) in [6, 6.07) is 13.5. The maximum Gasteiger partial charge on any atom is 0.229 e. The van der Waals surface area contributed by atoms with Crippen LogP contribution in [0.5, 0.6) is 0 Å². The lowest BCUT2D eigenvalue weighted by molar-refractivity contribution is 0.101. The highest BCUT2D eigenvalue weighted by Crippen LogP contribution is 2.26. The van der Waals surface area contributed by atoms with Crippen LogP contribution in [0.1, 0.15) is 39.7 Å². The molecular weight excluding hydrogens is 336 g/mol. The van der Waals surface area contributed by atoms with Gasteiger partial charge in [0.05, 0.1) is 0 Å². The fourth-order valence-electron chi connectivity index (χ4n) is 3.11. The summed E-state index contributed by atoms with van der Waals surface area (Å²) >= 11 is 0. The van der Waals surface area contributed by atoms with Crippen LogP contribution in [0.3, 0.4) is 0 Å². The number of carbonyl (C=O) groups excluding carboxylic acids is 1. The molecule has 0 unspecified atom stereocenters. The number of aryl methyl sites for hydroxylation is 4. The second-order valence-corrected chi connectivity index (χ2v) is 6.88. The maximum absolute atomic E-state index is 11.4. The topological polar surface area (TPSA) is 66.9 Å². The van der Waals surface area contributed by atoms with Crippen molar-refractivity contribution in [3.8, 4) is 0 Å². The van der Waals surface area contributed by atoms with Gasteiger partial charge in [-0.3, -0.25) is 4.79 Å². The van der Waals surface area contributed by atoms with Gasteiger partial charge in [0.25, 0.3) is 0 Å². The Labute approximate surface area is 159 Å². The summed E-state index contributed by atoms with van der Waals surface area (Å²) in [5.74, 6) is 1.29. The molecule has 5 nitrogen and oxygen atoms in total. The van der Waals surface area contributed by atoms with Crippen LogP contribution in [0.2, 0.25) is 0 Å². The van der Waals surface area contributed by atoms with E-state index in [0.717, 1.165) is 22.9 Å². The minimum absolute atomic E-state index is 0.0451. The molecular formula is C22H24N4O. The van der Waals surface area contributed by atoms with Crippen LogP contribution in [-0.4, -0.2) is 15.8 Å². The smallest absolute Gasteiger partial charge is 0.229 e. The molecule has 3 aromatic rings. The van der Waals surface area contributed by atoms with E-state index in [1.165, 1.54) is 16.7 Å². The molecule has 138 valence electrons. The summed E-state index contributed by atoms with van der Waals surface area (Å²) in [5, 5.41) is 6.62. The van der Waals surface area contributed by atoms with Crippen LogP contribution in [0.15, 0.2) is 42.5 Å². The number of nitrogens with one attached hydrogen (secondary N) is 2. The molecule has 0 saturated heterocycles. The first-order chi connectivity index (χ1) is 12.8. The molecule has 0 fully saturated rings. The lowest BCUT2D eigenvalue weighted by Gasteiger charge is -2.15. The van der Waals surface area contributed by atoms with Crippen molar-refractivity contribution >= 4 is 28.9 Å². The SMILES string of the molecule is CC(=O)c1ccc(Nc2nc(C)cc(Nc3c(C)cc(C)cc3C)n2)cc1. The average molecular weight is 360 g/mol. The number of aromatic nitrogens is 2. The van der Waals surface area contributed by atoms with Gasteiger partial charge in [-0.15, -0.1) is 0 Å². The van der Waals surface area contributed by atoms with E-state index in [2.05, 4.69) is 53.5 Å². The van der Waals surface area contributed by atoms with E-state index in [-0.39, 0.29) is 5.78 Å². The summed E-state index contributed by atoms with van der Waals surface area (Å²) in [6.45, 7) is 9.76. The molecule has 2 aromatic carbocycles. The fraction of sp³-hybridized carbons (Fsp3) is 0.227. The number of hydrogen-bond acceptors (Lipinski definition) is 5. The van der Waals surface area contributed by atoms with Crippen LogP contribution in [-0.2, 0) is 0 Å². The predicted molar refractivity (Wildman–Crippen MR) is 110 cm³/mol. The van der Waals surface area contributed by atoms with Crippen LogP contribution in [0, 0.1) is 27.7 Å². The zero-order chi connectivity index (χ0) is 19.6. The Hall–Kier alpha value is -3.21. The summed E-state index contributed by atoms with van der Waals surface area (Å²) in [6.07, 6.45) is 0. The molecule has 5 heteroatoms. The lowest BCUT2D eigenvalue weighted by Crippen LogP contribution is -2.04. The minimum Gasteiger partial charge on any atom is -0.340 e. The first-order valence-corrected chi connectivity index (χ1v) is 8.90. The van der Waals surface area contributed by atoms with Crippen molar-refractivity contribution in [2.75, 3.05) is 10.6 Å². The van der Waals surface area contributed by atoms with Crippen LogP contribution >= 0.6 is 0 Å². The molecule has 0 aliphatic rings. The van der Waals surface area contributed by atoms with Gasteiger partial charge in [-0.1, -0.05) is 17.7 Å². The zero-order valence-corrected chi connectivity index (χ0v) is 16.3. The Morgan fingerprint density at radius 2 is 1.48 bits per heavy atom. The number of carbonyl (C=O) groups is 1. The Kier molecular flexibility index (Phi) is 5.21. The van der Waals surface area contributed by atoms with Gasteiger partial charge in [0.2, 0.25) is 5.95 Å². The van der Waals surface area contributed by atoms with E-state index in [9.17, 15) is 4.79 Å². The molecule has 0 aliphatic heterocycles. The molecule has 0 atom stereocenters. The monoisotopic (exact) mass is 360 g/mol. The van der Waals surface area contributed by atoms with Gasteiger partial charge in [-0.25, -0.2) is 4.98 Å². The van der Waals surface area contributed by atoms with Crippen molar-refractivity contribution in [1.82, 2.24) is 9.97 Å². The molecule has 0 bridgehead atoms. The van der Waals surface area contributed by atoms with E-state index < -0.39 is 0 Å². The zero-order valence-electron chi connectivity index (χ0n) is 16.3. The number of ketones is 1. The van der Waals surface area contributed by atoms with Crippen LogP contribution in [0.25, 0.3) is 0 Å². The minimum atomic E-state index is 0.0451. The second kappa shape index (κ2) is 7.58. The number of hydrogen-bond donors (Lipinski definition) is 2. The van der Waals surface area contributed by atoms with Crippen molar-refractivity contribution in [1.29, 1.82) is 0 Å². The lowest BCUT2D eigenvalue weighted by atomic mass is 10.1. The van der Waals surface area contributed by atoms with E-state index in [4.69, 9.17) is 0 Å². The number of nitrogens with zero attached hydrogens (tertiary/aromatic N) is 2. The van der Waals surface area contributed by atoms with E-state index in [0.29, 0.717) is 11.5 Å². The van der Waals surface area contributed by atoms with Gasteiger partial charge in [-0.2, -0.15) is 4.98 Å².